The molecule has 1 N–H and O–H groups in total. The fourth-order valence-corrected chi connectivity index (χ4v) is 3.99. The van der Waals surface area contributed by atoms with Gasteiger partial charge >= 0.3 is 12.2 Å². The maximum atomic E-state index is 12.6. The van der Waals surface area contributed by atoms with Crippen LogP contribution in [-0.2, 0) is 12.7 Å². The van der Waals surface area contributed by atoms with E-state index < -0.39 is 11.7 Å². The zero-order chi connectivity index (χ0) is 21.3. The topological polar surface area (TPSA) is 70.0 Å². The van der Waals surface area contributed by atoms with Crippen molar-refractivity contribution >= 4 is 28.0 Å². The number of thiazole rings is 1. The molecule has 7 nitrogen and oxygen atoms in total. The van der Waals surface area contributed by atoms with Crippen LogP contribution in [0, 0.1) is 0 Å². The number of aromatic nitrogens is 2. The molecule has 4 rings (SSSR count). The minimum Gasteiger partial charge on any atom is -0.322 e. The molecule has 3 heterocycles. The third-order valence-corrected chi connectivity index (χ3v) is 5.62. The van der Waals surface area contributed by atoms with E-state index in [-0.39, 0.29) is 11.6 Å². The van der Waals surface area contributed by atoms with E-state index in [2.05, 4.69) is 15.2 Å². The number of nitrogens with zero attached hydrogens (tertiary/aromatic N) is 4. The molecule has 0 atom stereocenters. The van der Waals surface area contributed by atoms with Crippen LogP contribution in [0.3, 0.4) is 0 Å². The number of carbonyl (C=O) groups is 1. The van der Waals surface area contributed by atoms with Gasteiger partial charge in [0.1, 0.15) is 0 Å². The lowest BCUT2D eigenvalue weighted by Gasteiger charge is -2.34. The van der Waals surface area contributed by atoms with Gasteiger partial charge in [0.05, 0.1) is 11.3 Å². The molecule has 2 amide bonds. The highest BCUT2D eigenvalue weighted by Crippen LogP contribution is 2.29. The number of halogens is 3. The summed E-state index contributed by atoms with van der Waals surface area (Å²) < 4.78 is 39.4. The predicted octanol–water partition coefficient (Wildman–Crippen LogP) is 3.12. The number of hydrogen-bond acceptors (Lipinski definition) is 5. The normalized spacial score (nSPS) is 15.5. The number of nitrogens with one attached hydrogen (secondary N) is 1. The van der Waals surface area contributed by atoms with E-state index in [0.717, 1.165) is 12.1 Å². The lowest BCUT2D eigenvalue weighted by Crippen LogP contribution is -2.49. The van der Waals surface area contributed by atoms with E-state index in [1.807, 2.05) is 5.38 Å². The second-order valence-electron chi connectivity index (χ2n) is 6.91. The van der Waals surface area contributed by atoms with Crippen LogP contribution in [0.4, 0.5) is 23.7 Å². The molecule has 0 bridgehead atoms. The Morgan fingerprint density at radius 2 is 1.83 bits per heavy atom. The number of carbonyl (C=O) groups excluding carboxylic acids is 1. The zero-order valence-corrected chi connectivity index (χ0v) is 16.5. The number of anilines is 1. The van der Waals surface area contributed by atoms with Crippen LogP contribution in [0.5, 0.6) is 0 Å². The summed E-state index contributed by atoms with van der Waals surface area (Å²) in [6.45, 7) is 2.65. The van der Waals surface area contributed by atoms with E-state index in [4.69, 9.17) is 0 Å². The van der Waals surface area contributed by atoms with Crippen molar-refractivity contribution < 1.29 is 18.0 Å². The number of amides is 2. The first-order valence-electron chi connectivity index (χ1n) is 9.21. The van der Waals surface area contributed by atoms with Gasteiger partial charge < -0.3 is 10.2 Å². The van der Waals surface area contributed by atoms with Crippen LogP contribution in [0.15, 0.2) is 46.7 Å². The van der Waals surface area contributed by atoms with Crippen molar-refractivity contribution in [3.05, 3.63) is 63.5 Å². The molecule has 2 aromatic heterocycles. The standard InChI is InChI=1S/C19H18F3N5O2S/c20-19(21,22)13-1-3-14(4-2-13)23-17(29)26-7-5-25(6-8-26)12-15-11-16(28)27-9-10-30-18(27)24-15/h1-4,9-11H,5-8,12H2,(H,23,29). The van der Waals surface area contributed by atoms with Gasteiger partial charge in [-0.25, -0.2) is 9.78 Å². The molecule has 3 aromatic rings. The summed E-state index contributed by atoms with van der Waals surface area (Å²) in [7, 11) is 0. The number of fused-ring (bicyclic) bond motifs is 1. The van der Waals surface area contributed by atoms with Gasteiger partial charge in [0.25, 0.3) is 5.56 Å². The van der Waals surface area contributed by atoms with E-state index >= 15 is 0 Å². The average molecular weight is 437 g/mol. The fraction of sp³-hybridized carbons (Fsp3) is 0.316. The predicted molar refractivity (Wildman–Crippen MR) is 107 cm³/mol. The summed E-state index contributed by atoms with van der Waals surface area (Å²) in [6.07, 6.45) is -2.72. The van der Waals surface area contributed by atoms with Gasteiger partial charge in [0.15, 0.2) is 4.96 Å². The first-order chi connectivity index (χ1) is 14.3. The Kier molecular flexibility index (Phi) is 5.48. The molecule has 1 aliphatic heterocycles. The summed E-state index contributed by atoms with van der Waals surface area (Å²) in [5.41, 5.74) is 0.114. The van der Waals surface area contributed by atoms with Crippen LogP contribution in [0.1, 0.15) is 11.3 Å². The highest BCUT2D eigenvalue weighted by molar-refractivity contribution is 7.15. The maximum absolute atomic E-state index is 12.6. The Balaban J connectivity index is 1.31. The van der Waals surface area contributed by atoms with E-state index in [0.29, 0.717) is 49.1 Å². The summed E-state index contributed by atoms with van der Waals surface area (Å²) in [5, 5.41) is 4.43. The molecule has 0 unspecified atom stereocenters. The number of rotatable bonds is 3. The molecule has 1 fully saturated rings. The van der Waals surface area contributed by atoms with Crippen molar-refractivity contribution in [3.63, 3.8) is 0 Å². The van der Waals surface area contributed by atoms with Crippen LogP contribution in [0.2, 0.25) is 0 Å². The van der Waals surface area contributed by atoms with Gasteiger partial charge in [-0.1, -0.05) is 0 Å². The SMILES string of the molecule is O=C(Nc1ccc(C(F)(F)F)cc1)N1CCN(Cc2cc(=O)n3ccsc3n2)CC1. The molecular formula is C19H18F3N5O2S. The molecule has 158 valence electrons. The second kappa shape index (κ2) is 8.07. The van der Waals surface area contributed by atoms with Crippen LogP contribution in [0.25, 0.3) is 4.96 Å². The molecule has 1 aromatic carbocycles. The van der Waals surface area contributed by atoms with Crippen molar-refractivity contribution in [1.82, 2.24) is 19.2 Å². The van der Waals surface area contributed by atoms with Gasteiger partial charge in [-0.05, 0) is 24.3 Å². The number of piperazine rings is 1. The number of hydrogen-bond donors (Lipinski definition) is 1. The Morgan fingerprint density at radius 3 is 2.50 bits per heavy atom. The third-order valence-electron chi connectivity index (χ3n) is 4.86. The van der Waals surface area contributed by atoms with Crippen molar-refractivity contribution in [2.24, 2.45) is 0 Å². The molecule has 11 heteroatoms. The molecule has 0 radical (unpaired) electrons. The lowest BCUT2D eigenvalue weighted by atomic mass is 10.2. The molecule has 0 aliphatic carbocycles. The maximum Gasteiger partial charge on any atom is 0.416 e. The fourth-order valence-electron chi connectivity index (χ4n) is 3.25. The first kappa shape index (κ1) is 20.4. The Bertz CT molecular complexity index is 1100. The number of urea groups is 1. The minimum atomic E-state index is -4.41. The van der Waals surface area contributed by atoms with E-state index in [1.54, 1.807) is 11.1 Å². The van der Waals surface area contributed by atoms with Crippen molar-refractivity contribution in [3.8, 4) is 0 Å². The van der Waals surface area contributed by atoms with Crippen molar-refractivity contribution in [1.29, 1.82) is 0 Å². The molecule has 30 heavy (non-hydrogen) atoms. The summed E-state index contributed by atoms with van der Waals surface area (Å²) >= 11 is 1.39. The minimum absolute atomic E-state index is 0.120. The molecule has 1 aliphatic rings. The second-order valence-corrected chi connectivity index (χ2v) is 7.78. The quantitative estimate of drug-likeness (QED) is 0.684. The van der Waals surface area contributed by atoms with Gasteiger partial charge in [-0.3, -0.25) is 14.1 Å². The molecule has 0 saturated carbocycles. The Labute approximate surface area is 173 Å². The molecule has 0 spiro atoms. The summed E-state index contributed by atoms with van der Waals surface area (Å²) in [5.74, 6) is 0. The lowest BCUT2D eigenvalue weighted by molar-refractivity contribution is -0.137. The van der Waals surface area contributed by atoms with Gasteiger partial charge in [-0.2, -0.15) is 13.2 Å². The monoisotopic (exact) mass is 437 g/mol. The average Bonchev–Trinajstić information content (AvgIpc) is 3.17. The van der Waals surface area contributed by atoms with Crippen molar-refractivity contribution in [2.45, 2.75) is 12.7 Å². The summed E-state index contributed by atoms with van der Waals surface area (Å²) in [4.78, 5) is 33.3. The van der Waals surface area contributed by atoms with Gasteiger partial charge in [0, 0.05) is 56.1 Å². The highest BCUT2D eigenvalue weighted by Gasteiger charge is 2.30. The summed E-state index contributed by atoms with van der Waals surface area (Å²) in [6, 6.07) is 5.51. The molecule has 1 saturated heterocycles. The smallest absolute Gasteiger partial charge is 0.322 e. The highest BCUT2D eigenvalue weighted by atomic mass is 32.1. The zero-order valence-electron chi connectivity index (χ0n) is 15.7. The van der Waals surface area contributed by atoms with E-state index in [9.17, 15) is 22.8 Å². The first-order valence-corrected chi connectivity index (χ1v) is 10.1. The van der Waals surface area contributed by atoms with E-state index in [1.165, 1.54) is 33.9 Å². The van der Waals surface area contributed by atoms with Crippen molar-refractivity contribution in [2.75, 3.05) is 31.5 Å². The van der Waals surface area contributed by atoms with Crippen LogP contribution >= 0.6 is 11.3 Å². The largest absolute Gasteiger partial charge is 0.416 e. The van der Waals surface area contributed by atoms with Crippen LogP contribution < -0.4 is 10.9 Å². The number of benzene rings is 1. The Morgan fingerprint density at radius 1 is 1.13 bits per heavy atom. The number of alkyl halides is 3. The van der Waals surface area contributed by atoms with Crippen LogP contribution in [-0.4, -0.2) is 51.4 Å². The Hall–Kier alpha value is -2.92. The van der Waals surface area contributed by atoms with Gasteiger partial charge in [0.2, 0.25) is 0 Å². The molecular weight excluding hydrogens is 419 g/mol. The third kappa shape index (κ3) is 4.46. The van der Waals surface area contributed by atoms with Gasteiger partial charge in [-0.15, -0.1) is 11.3 Å².